The maximum Gasteiger partial charge on any atom is 0.313 e. The quantitative estimate of drug-likeness (QED) is 0.730. The first-order valence-corrected chi connectivity index (χ1v) is 4.43. The number of carbonyl (C=O) groups excluding carboxylic acids is 1. The summed E-state index contributed by atoms with van der Waals surface area (Å²) in [5, 5.41) is 0. The molecule has 0 aliphatic rings. The van der Waals surface area contributed by atoms with E-state index in [4.69, 9.17) is 14.9 Å². The van der Waals surface area contributed by atoms with Crippen molar-refractivity contribution in [1.82, 2.24) is 0 Å². The van der Waals surface area contributed by atoms with Crippen LogP contribution in [0.4, 0.5) is 0 Å². The highest BCUT2D eigenvalue weighted by Crippen LogP contribution is 2.23. The lowest BCUT2D eigenvalue weighted by molar-refractivity contribution is -0.151. The first-order valence-electron chi connectivity index (χ1n) is 4.43. The number of hydrogen-bond acceptors (Lipinski definition) is 4. The van der Waals surface area contributed by atoms with Crippen molar-refractivity contribution in [2.24, 2.45) is 11.1 Å². The molecule has 0 aliphatic carbocycles. The van der Waals surface area contributed by atoms with Gasteiger partial charge in [-0.05, 0) is 19.1 Å². The lowest BCUT2D eigenvalue weighted by Crippen LogP contribution is -2.38. The van der Waals surface area contributed by atoms with Gasteiger partial charge in [-0.3, -0.25) is 4.79 Å². The van der Waals surface area contributed by atoms with Gasteiger partial charge < -0.3 is 14.9 Å². The maximum absolute atomic E-state index is 11.4. The Morgan fingerprint density at radius 3 is 2.86 bits per heavy atom. The van der Waals surface area contributed by atoms with E-state index in [2.05, 4.69) is 0 Å². The van der Waals surface area contributed by atoms with Crippen molar-refractivity contribution in [2.75, 3.05) is 13.7 Å². The monoisotopic (exact) mass is 197 g/mol. The molecular weight excluding hydrogens is 182 g/mol. The highest BCUT2D eigenvalue weighted by Gasteiger charge is 2.34. The fourth-order valence-corrected chi connectivity index (χ4v) is 1.27. The van der Waals surface area contributed by atoms with E-state index in [1.165, 1.54) is 7.11 Å². The van der Waals surface area contributed by atoms with Crippen molar-refractivity contribution >= 4 is 5.97 Å². The molecule has 0 spiro atoms. The highest BCUT2D eigenvalue weighted by atomic mass is 16.5. The molecule has 0 aliphatic heterocycles. The van der Waals surface area contributed by atoms with Gasteiger partial charge >= 0.3 is 5.97 Å². The zero-order valence-electron chi connectivity index (χ0n) is 8.45. The van der Waals surface area contributed by atoms with E-state index in [9.17, 15) is 4.79 Å². The number of esters is 1. The Balaban J connectivity index is 2.76. The van der Waals surface area contributed by atoms with Crippen LogP contribution in [0.2, 0.25) is 0 Å². The number of methoxy groups -OCH3 is 1. The highest BCUT2D eigenvalue weighted by molar-refractivity contribution is 5.76. The van der Waals surface area contributed by atoms with Gasteiger partial charge in [0.2, 0.25) is 0 Å². The average molecular weight is 197 g/mol. The van der Waals surface area contributed by atoms with Crippen molar-refractivity contribution in [2.45, 2.75) is 13.3 Å². The number of rotatable bonds is 4. The first kappa shape index (κ1) is 10.8. The van der Waals surface area contributed by atoms with Gasteiger partial charge in [-0.15, -0.1) is 0 Å². The molecule has 0 radical (unpaired) electrons. The third-order valence-corrected chi connectivity index (χ3v) is 2.27. The molecule has 14 heavy (non-hydrogen) atoms. The fourth-order valence-electron chi connectivity index (χ4n) is 1.27. The van der Waals surface area contributed by atoms with Crippen LogP contribution in [0.3, 0.4) is 0 Å². The summed E-state index contributed by atoms with van der Waals surface area (Å²) < 4.78 is 9.86. The van der Waals surface area contributed by atoms with Crippen LogP contribution >= 0.6 is 0 Å². The molecule has 1 aromatic rings. The van der Waals surface area contributed by atoms with Crippen LogP contribution in [0.15, 0.2) is 22.8 Å². The third-order valence-electron chi connectivity index (χ3n) is 2.27. The fraction of sp³-hybridized carbons (Fsp3) is 0.500. The van der Waals surface area contributed by atoms with Gasteiger partial charge in [0.05, 0.1) is 18.8 Å². The molecule has 2 N–H and O–H groups in total. The molecular formula is C10H15NO3. The molecule has 1 heterocycles. The summed E-state index contributed by atoms with van der Waals surface area (Å²) in [6.45, 7) is 2.00. The van der Waals surface area contributed by atoms with Gasteiger partial charge in [0.1, 0.15) is 5.76 Å². The van der Waals surface area contributed by atoms with E-state index in [-0.39, 0.29) is 12.5 Å². The minimum atomic E-state index is -0.702. The van der Waals surface area contributed by atoms with Gasteiger partial charge in [-0.25, -0.2) is 0 Å². The van der Waals surface area contributed by atoms with Crippen LogP contribution in [0.5, 0.6) is 0 Å². The van der Waals surface area contributed by atoms with E-state index in [0.717, 1.165) is 5.76 Å². The normalized spacial score (nSPS) is 14.8. The van der Waals surface area contributed by atoms with Crippen molar-refractivity contribution in [3.8, 4) is 0 Å². The SMILES string of the molecule is COC(=O)C(C)(CN)Cc1ccco1. The standard InChI is InChI=1S/C10H15NO3/c1-10(7-11,9(12)13-2)6-8-4-3-5-14-8/h3-5H,6-7,11H2,1-2H3. The second-order valence-electron chi connectivity index (χ2n) is 3.51. The average Bonchev–Trinajstić information content (AvgIpc) is 2.68. The maximum atomic E-state index is 11.4. The summed E-state index contributed by atoms with van der Waals surface area (Å²) in [5.74, 6) is 0.430. The van der Waals surface area contributed by atoms with E-state index >= 15 is 0 Å². The van der Waals surface area contributed by atoms with Crippen LogP contribution in [0, 0.1) is 5.41 Å². The molecule has 78 valence electrons. The molecule has 0 saturated carbocycles. The summed E-state index contributed by atoms with van der Waals surface area (Å²) in [5.41, 5.74) is 4.86. The van der Waals surface area contributed by atoms with Crippen molar-refractivity contribution in [1.29, 1.82) is 0 Å². The van der Waals surface area contributed by atoms with Crippen LogP contribution in [0.25, 0.3) is 0 Å². The molecule has 0 bridgehead atoms. The van der Waals surface area contributed by atoms with Crippen LogP contribution in [0.1, 0.15) is 12.7 Å². The largest absolute Gasteiger partial charge is 0.469 e. The minimum absolute atomic E-state index is 0.236. The first-order chi connectivity index (χ1) is 6.62. The predicted octanol–water partition coefficient (Wildman–Crippen LogP) is 0.960. The Bertz CT molecular complexity index is 294. The van der Waals surface area contributed by atoms with E-state index in [1.807, 2.05) is 6.07 Å². The molecule has 4 nitrogen and oxygen atoms in total. The zero-order chi connectivity index (χ0) is 10.6. The van der Waals surface area contributed by atoms with Gasteiger partial charge in [-0.2, -0.15) is 0 Å². The smallest absolute Gasteiger partial charge is 0.313 e. The lowest BCUT2D eigenvalue weighted by Gasteiger charge is -2.23. The Kier molecular flexibility index (Phi) is 3.30. The molecule has 1 atom stereocenters. The van der Waals surface area contributed by atoms with Gasteiger partial charge in [0, 0.05) is 13.0 Å². The topological polar surface area (TPSA) is 65.5 Å². The Morgan fingerprint density at radius 1 is 1.71 bits per heavy atom. The third kappa shape index (κ3) is 2.14. The van der Waals surface area contributed by atoms with Crippen LogP contribution in [-0.2, 0) is 16.0 Å². The summed E-state index contributed by atoms with van der Waals surface area (Å²) in [4.78, 5) is 11.4. The number of ether oxygens (including phenoxy) is 1. The Labute approximate surface area is 83.0 Å². The molecule has 1 unspecified atom stereocenters. The van der Waals surface area contributed by atoms with Gasteiger partial charge in [0.15, 0.2) is 0 Å². The number of furan rings is 1. The predicted molar refractivity (Wildman–Crippen MR) is 51.6 cm³/mol. The summed E-state index contributed by atoms with van der Waals surface area (Å²) in [6, 6.07) is 3.60. The molecule has 1 aromatic heterocycles. The molecule has 0 saturated heterocycles. The zero-order valence-corrected chi connectivity index (χ0v) is 8.45. The van der Waals surface area contributed by atoms with E-state index in [1.54, 1.807) is 19.3 Å². The lowest BCUT2D eigenvalue weighted by atomic mass is 9.86. The Morgan fingerprint density at radius 2 is 2.43 bits per heavy atom. The second-order valence-corrected chi connectivity index (χ2v) is 3.51. The number of hydrogen-bond donors (Lipinski definition) is 1. The Hall–Kier alpha value is -1.29. The summed E-state index contributed by atoms with van der Waals surface area (Å²) in [7, 11) is 1.36. The van der Waals surface area contributed by atoms with E-state index in [0.29, 0.717) is 6.42 Å². The number of carbonyl (C=O) groups is 1. The van der Waals surface area contributed by atoms with Crippen molar-refractivity contribution in [3.05, 3.63) is 24.2 Å². The van der Waals surface area contributed by atoms with E-state index < -0.39 is 5.41 Å². The molecule has 0 aromatic carbocycles. The summed E-state index contributed by atoms with van der Waals surface area (Å²) >= 11 is 0. The van der Waals surface area contributed by atoms with Crippen LogP contribution < -0.4 is 5.73 Å². The molecule has 0 fully saturated rings. The molecule has 0 amide bonds. The second kappa shape index (κ2) is 4.28. The van der Waals surface area contributed by atoms with Crippen LogP contribution in [-0.4, -0.2) is 19.6 Å². The molecule has 1 rings (SSSR count). The molecule has 4 heteroatoms. The van der Waals surface area contributed by atoms with Crippen molar-refractivity contribution < 1.29 is 13.9 Å². The van der Waals surface area contributed by atoms with Gasteiger partial charge in [-0.1, -0.05) is 0 Å². The number of nitrogens with two attached hydrogens (primary N) is 1. The summed E-state index contributed by atoms with van der Waals surface area (Å²) in [6.07, 6.45) is 2.03. The minimum Gasteiger partial charge on any atom is -0.469 e. The van der Waals surface area contributed by atoms with Gasteiger partial charge in [0.25, 0.3) is 0 Å². The van der Waals surface area contributed by atoms with Crippen molar-refractivity contribution in [3.63, 3.8) is 0 Å².